The first-order valence-corrected chi connectivity index (χ1v) is 6.09. The average molecular weight is 221 g/mol. The maximum Gasteiger partial charge on any atom is 0.237 e. The Morgan fingerprint density at radius 2 is 2.29 bits per heavy atom. The van der Waals surface area contributed by atoms with E-state index in [1.807, 2.05) is 0 Å². The second kappa shape index (κ2) is 4.24. The van der Waals surface area contributed by atoms with Crippen LogP contribution >= 0.6 is 0 Å². The maximum atomic E-state index is 11.6. The number of sulfonamides is 1. The third kappa shape index (κ3) is 2.23. The van der Waals surface area contributed by atoms with Crippen LogP contribution in [0.15, 0.2) is 0 Å². The van der Waals surface area contributed by atoms with Gasteiger partial charge in [0.1, 0.15) is 6.04 Å². The number of nitrogens with two attached hydrogens (primary N) is 1. The molecule has 1 rings (SSSR count). The second-order valence-electron chi connectivity index (χ2n) is 3.13. The molecule has 0 spiro atoms. The minimum atomic E-state index is -3.32. The molecule has 1 fully saturated rings. The Hall–Kier alpha value is -0.660. The van der Waals surface area contributed by atoms with E-state index in [1.54, 1.807) is 6.92 Å². The molecule has 1 heterocycles. The van der Waals surface area contributed by atoms with Crippen molar-refractivity contribution in [2.45, 2.75) is 13.0 Å². The van der Waals surface area contributed by atoms with Gasteiger partial charge in [-0.3, -0.25) is 4.79 Å². The molecule has 1 aliphatic heterocycles. The number of nitrogens with zero attached hydrogens (tertiary/aromatic N) is 1. The van der Waals surface area contributed by atoms with Crippen molar-refractivity contribution in [1.82, 2.24) is 9.62 Å². The fraction of sp³-hybridized carbons (Fsp3) is 0.857. The number of hydrogen-bond acceptors (Lipinski definition) is 4. The summed E-state index contributed by atoms with van der Waals surface area (Å²) < 4.78 is 24.3. The van der Waals surface area contributed by atoms with Crippen LogP contribution in [0.3, 0.4) is 0 Å². The van der Waals surface area contributed by atoms with E-state index >= 15 is 0 Å². The fourth-order valence-electron chi connectivity index (χ4n) is 1.43. The van der Waals surface area contributed by atoms with E-state index in [9.17, 15) is 13.2 Å². The smallest absolute Gasteiger partial charge is 0.237 e. The van der Waals surface area contributed by atoms with Crippen LogP contribution in [-0.4, -0.2) is 50.1 Å². The number of carbonyl (C=O) groups excluding carboxylic acids is 1. The van der Waals surface area contributed by atoms with Gasteiger partial charge in [-0.05, 0) is 6.92 Å². The van der Waals surface area contributed by atoms with Crippen LogP contribution in [-0.2, 0) is 14.8 Å². The molecule has 0 aromatic rings. The van der Waals surface area contributed by atoms with Crippen molar-refractivity contribution in [2.24, 2.45) is 5.73 Å². The first kappa shape index (κ1) is 11.4. The van der Waals surface area contributed by atoms with Crippen molar-refractivity contribution >= 4 is 15.9 Å². The Morgan fingerprint density at radius 3 is 2.79 bits per heavy atom. The minimum absolute atomic E-state index is 0.00319. The summed E-state index contributed by atoms with van der Waals surface area (Å²) in [6, 6.07) is -0.742. The van der Waals surface area contributed by atoms with Gasteiger partial charge in [0.15, 0.2) is 0 Å². The SMILES string of the molecule is CCS(=O)(=O)N1CCNCC1C(N)=O. The molecule has 3 N–H and O–H groups in total. The van der Waals surface area contributed by atoms with Crippen LogP contribution in [0.1, 0.15) is 6.92 Å². The highest BCUT2D eigenvalue weighted by atomic mass is 32.2. The maximum absolute atomic E-state index is 11.6. The fourth-order valence-corrected chi connectivity index (χ4v) is 2.69. The molecule has 0 bridgehead atoms. The molecule has 0 aromatic heterocycles. The predicted molar refractivity (Wildman–Crippen MR) is 52.0 cm³/mol. The number of amides is 1. The largest absolute Gasteiger partial charge is 0.368 e. The van der Waals surface area contributed by atoms with Crippen LogP contribution in [0.25, 0.3) is 0 Å². The van der Waals surface area contributed by atoms with E-state index in [1.165, 1.54) is 4.31 Å². The molecule has 7 heteroatoms. The van der Waals surface area contributed by atoms with E-state index in [4.69, 9.17) is 5.73 Å². The zero-order valence-electron chi connectivity index (χ0n) is 8.06. The quantitative estimate of drug-likeness (QED) is 0.582. The van der Waals surface area contributed by atoms with Gasteiger partial charge in [0, 0.05) is 19.6 Å². The van der Waals surface area contributed by atoms with Gasteiger partial charge in [0.25, 0.3) is 0 Å². The lowest BCUT2D eigenvalue weighted by atomic mass is 10.2. The first-order valence-electron chi connectivity index (χ1n) is 4.48. The van der Waals surface area contributed by atoms with Crippen molar-refractivity contribution in [2.75, 3.05) is 25.4 Å². The second-order valence-corrected chi connectivity index (χ2v) is 5.34. The predicted octanol–water partition coefficient (Wildman–Crippen LogP) is -1.90. The third-order valence-electron chi connectivity index (χ3n) is 2.24. The average Bonchev–Trinajstić information content (AvgIpc) is 2.18. The van der Waals surface area contributed by atoms with Gasteiger partial charge < -0.3 is 11.1 Å². The molecule has 0 aliphatic carbocycles. The van der Waals surface area contributed by atoms with Crippen molar-refractivity contribution in [3.8, 4) is 0 Å². The molecule has 6 nitrogen and oxygen atoms in total. The van der Waals surface area contributed by atoms with Crippen molar-refractivity contribution in [3.63, 3.8) is 0 Å². The molecule has 1 amide bonds. The molecule has 1 atom stereocenters. The summed E-state index contributed by atoms with van der Waals surface area (Å²) in [6.07, 6.45) is 0. The van der Waals surface area contributed by atoms with E-state index in [-0.39, 0.29) is 5.75 Å². The van der Waals surface area contributed by atoms with Gasteiger partial charge in [-0.1, -0.05) is 0 Å². The number of hydrogen-bond donors (Lipinski definition) is 2. The summed E-state index contributed by atoms with van der Waals surface area (Å²) in [5.74, 6) is -0.606. The number of nitrogens with one attached hydrogen (secondary N) is 1. The standard InChI is InChI=1S/C7H15N3O3S/c1-2-14(12,13)10-4-3-9-5-6(10)7(8)11/h6,9H,2-5H2,1H3,(H2,8,11). The monoisotopic (exact) mass is 221 g/mol. The molecule has 0 radical (unpaired) electrons. The molecule has 14 heavy (non-hydrogen) atoms. The Bertz CT molecular complexity index is 314. The van der Waals surface area contributed by atoms with Crippen molar-refractivity contribution in [3.05, 3.63) is 0 Å². The van der Waals surface area contributed by atoms with E-state index in [0.717, 1.165) is 0 Å². The Kier molecular flexibility index (Phi) is 3.46. The molecule has 1 saturated heterocycles. The topological polar surface area (TPSA) is 92.5 Å². The number of carbonyl (C=O) groups is 1. The zero-order valence-corrected chi connectivity index (χ0v) is 8.88. The molecule has 82 valence electrons. The highest BCUT2D eigenvalue weighted by molar-refractivity contribution is 7.89. The Balaban J connectivity index is 2.88. The number of primary amides is 1. The summed E-state index contributed by atoms with van der Waals surface area (Å²) in [5.41, 5.74) is 5.12. The van der Waals surface area contributed by atoms with Gasteiger partial charge >= 0.3 is 0 Å². The zero-order chi connectivity index (χ0) is 10.8. The van der Waals surface area contributed by atoms with Gasteiger partial charge in [-0.15, -0.1) is 0 Å². The summed E-state index contributed by atoms with van der Waals surface area (Å²) in [5, 5.41) is 2.94. The lowest BCUT2D eigenvalue weighted by Crippen LogP contribution is -2.58. The van der Waals surface area contributed by atoms with Crippen LogP contribution in [0.5, 0.6) is 0 Å². The lowest BCUT2D eigenvalue weighted by Gasteiger charge is -2.32. The van der Waals surface area contributed by atoms with Gasteiger partial charge in [0.05, 0.1) is 5.75 Å². The molecule has 1 unspecified atom stereocenters. The number of rotatable bonds is 3. The summed E-state index contributed by atoms with van der Waals surface area (Å²) in [7, 11) is -3.32. The third-order valence-corrected chi connectivity index (χ3v) is 4.13. The summed E-state index contributed by atoms with van der Waals surface area (Å²) >= 11 is 0. The first-order chi connectivity index (χ1) is 6.49. The number of piperazine rings is 1. The summed E-state index contributed by atoms with van der Waals surface area (Å²) in [4.78, 5) is 11.0. The van der Waals surface area contributed by atoms with Crippen molar-refractivity contribution < 1.29 is 13.2 Å². The van der Waals surface area contributed by atoms with E-state index in [0.29, 0.717) is 19.6 Å². The highest BCUT2D eigenvalue weighted by Gasteiger charge is 2.34. The summed E-state index contributed by atoms with van der Waals surface area (Å²) in [6.45, 7) is 2.72. The van der Waals surface area contributed by atoms with Gasteiger partial charge in [0.2, 0.25) is 15.9 Å². The van der Waals surface area contributed by atoms with Crippen LogP contribution < -0.4 is 11.1 Å². The normalized spacial score (nSPS) is 24.8. The van der Waals surface area contributed by atoms with Crippen LogP contribution in [0.2, 0.25) is 0 Å². The van der Waals surface area contributed by atoms with Crippen LogP contribution in [0, 0.1) is 0 Å². The van der Waals surface area contributed by atoms with Gasteiger partial charge in [-0.25, -0.2) is 8.42 Å². The molecule has 0 aromatic carbocycles. The van der Waals surface area contributed by atoms with Crippen molar-refractivity contribution in [1.29, 1.82) is 0 Å². The molecule has 0 saturated carbocycles. The minimum Gasteiger partial charge on any atom is -0.368 e. The molecular weight excluding hydrogens is 206 g/mol. The van der Waals surface area contributed by atoms with Gasteiger partial charge in [-0.2, -0.15) is 4.31 Å². The highest BCUT2D eigenvalue weighted by Crippen LogP contribution is 2.09. The lowest BCUT2D eigenvalue weighted by molar-refractivity contribution is -0.122. The van der Waals surface area contributed by atoms with E-state index in [2.05, 4.69) is 5.32 Å². The molecule has 1 aliphatic rings. The molecular formula is C7H15N3O3S. The Labute approximate surface area is 83.5 Å². The Morgan fingerprint density at radius 1 is 1.64 bits per heavy atom. The van der Waals surface area contributed by atoms with Crippen LogP contribution in [0.4, 0.5) is 0 Å². The van der Waals surface area contributed by atoms with E-state index < -0.39 is 22.0 Å².